The van der Waals surface area contributed by atoms with Crippen molar-refractivity contribution in [2.75, 3.05) is 12.8 Å². The van der Waals surface area contributed by atoms with E-state index in [9.17, 15) is 9.18 Å². The molecule has 0 aliphatic carbocycles. The third-order valence-corrected chi connectivity index (χ3v) is 1.95. The molecule has 15 heavy (non-hydrogen) atoms. The molecule has 5 heteroatoms. The molecule has 0 fully saturated rings. The van der Waals surface area contributed by atoms with Gasteiger partial charge in [0.2, 0.25) is 0 Å². The van der Waals surface area contributed by atoms with Gasteiger partial charge in [-0.2, -0.15) is 0 Å². The van der Waals surface area contributed by atoms with E-state index in [0.29, 0.717) is 5.56 Å². The number of carbonyl (C=O) groups excluding carboxylic acids is 1. The molecule has 0 aromatic heterocycles. The molecule has 0 spiro atoms. The van der Waals surface area contributed by atoms with Crippen molar-refractivity contribution in [2.24, 2.45) is 0 Å². The molecular weight excluding hydrogens is 199 g/mol. The summed E-state index contributed by atoms with van der Waals surface area (Å²) in [4.78, 5) is 11.1. The van der Waals surface area contributed by atoms with Crippen LogP contribution in [0, 0.1) is 11.2 Å². The average Bonchev–Trinajstić information content (AvgIpc) is 2.16. The van der Waals surface area contributed by atoms with E-state index >= 15 is 0 Å². The van der Waals surface area contributed by atoms with E-state index in [4.69, 9.17) is 11.1 Å². The van der Waals surface area contributed by atoms with Crippen LogP contribution in [-0.2, 0) is 4.74 Å². The molecule has 0 amide bonds. The fraction of sp³-hybridized carbons (Fsp3) is 0.200. The largest absolute Gasteiger partial charge is 0.465 e. The van der Waals surface area contributed by atoms with Crippen molar-refractivity contribution < 1.29 is 13.9 Å². The van der Waals surface area contributed by atoms with E-state index in [2.05, 4.69) is 4.74 Å². The molecule has 0 aliphatic heterocycles. The van der Waals surface area contributed by atoms with Crippen LogP contribution in [0.5, 0.6) is 0 Å². The number of methoxy groups -OCH3 is 1. The molecule has 0 aliphatic rings. The van der Waals surface area contributed by atoms with E-state index in [1.165, 1.54) is 13.0 Å². The zero-order valence-electron chi connectivity index (χ0n) is 8.43. The highest BCUT2D eigenvalue weighted by Gasteiger charge is 2.15. The van der Waals surface area contributed by atoms with Crippen molar-refractivity contribution in [3.63, 3.8) is 0 Å². The van der Waals surface area contributed by atoms with E-state index in [0.717, 1.165) is 13.2 Å². The van der Waals surface area contributed by atoms with Crippen LogP contribution in [0.15, 0.2) is 12.1 Å². The second-order valence-corrected chi connectivity index (χ2v) is 3.04. The molecule has 0 radical (unpaired) electrons. The number of benzene rings is 1. The maximum absolute atomic E-state index is 13.3. The second-order valence-electron chi connectivity index (χ2n) is 3.04. The Bertz CT molecular complexity index is 430. The van der Waals surface area contributed by atoms with Crippen LogP contribution in [0.4, 0.5) is 10.1 Å². The topological polar surface area (TPSA) is 76.2 Å². The zero-order valence-corrected chi connectivity index (χ0v) is 8.43. The van der Waals surface area contributed by atoms with Crippen LogP contribution in [-0.4, -0.2) is 18.8 Å². The summed E-state index contributed by atoms with van der Waals surface area (Å²) in [5, 5.41) is 7.39. The Balaban J connectivity index is 3.36. The monoisotopic (exact) mass is 210 g/mol. The van der Waals surface area contributed by atoms with Gasteiger partial charge in [0.1, 0.15) is 5.82 Å². The quantitative estimate of drug-likeness (QED) is 0.442. The lowest BCUT2D eigenvalue weighted by molar-refractivity contribution is 0.0595. The number of nitrogens with one attached hydrogen (secondary N) is 1. The Kier molecular flexibility index (Phi) is 3.04. The lowest BCUT2D eigenvalue weighted by Gasteiger charge is -2.07. The Morgan fingerprint density at radius 2 is 2.07 bits per heavy atom. The van der Waals surface area contributed by atoms with Crippen molar-refractivity contribution >= 4 is 17.4 Å². The van der Waals surface area contributed by atoms with Gasteiger partial charge in [0.15, 0.2) is 0 Å². The van der Waals surface area contributed by atoms with Crippen LogP contribution in [0.2, 0.25) is 0 Å². The van der Waals surface area contributed by atoms with Gasteiger partial charge in [0.25, 0.3) is 0 Å². The average molecular weight is 210 g/mol. The predicted octanol–water partition coefficient (Wildman–Crippen LogP) is 1.58. The highest BCUT2D eigenvalue weighted by Crippen LogP contribution is 2.19. The van der Waals surface area contributed by atoms with Crippen LogP contribution in [0.1, 0.15) is 22.8 Å². The predicted molar refractivity (Wildman–Crippen MR) is 54.7 cm³/mol. The van der Waals surface area contributed by atoms with Crippen LogP contribution in [0.25, 0.3) is 0 Å². The minimum atomic E-state index is -0.782. The second kappa shape index (κ2) is 4.08. The van der Waals surface area contributed by atoms with Gasteiger partial charge in [-0.25, -0.2) is 9.18 Å². The van der Waals surface area contributed by atoms with Gasteiger partial charge < -0.3 is 15.9 Å². The van der Waals surface area contributed by atoms with Gasteiger partial charge in [-0.15, -0.1) is 0 Å². The highest BCUT2D eigenvalue weighted by atomic mass is 19.1. The smallest absolute Gasteiger partial charge is 0.340 e. The number of nitrogen functional groups attached to an aromatic ring is 1. The van der Waals surface area contributed by atoms with E-state index in [1.807, 2.05) is 0 Å². The number of nitrogens with two attached hydrogens (primary N) is 1. The summed E-state index contributed by atoms with van der Waals surface area (Å²) in [5.74, 6) is -1.53. The van der Waals surface area contributed by atoms with Crippen molar-refractivity contribution in [3.8, 4) is 0 Å². The molecule has 3 N–H and O–H groups in total. The van der Waals surface area contributed by atoms with Crippen LogP contribution >= 0.6 is 0 Å². The molecule has 0 bridgehead atoms. The van der Waals surface area contributed by atoms with Gasteiger partial charge in [0, 0.05) is 17.0 Å². The summed E-state index contributed by atoms with van der Waals surface area (Å²) >= 11 is 0. The summed E-state index contributed by atoms with van der Waals surface area (Å²) in [6, 6.07) is 2.23. The van der Waals surface area contributed by atoms with Crippen molar-refractivity contribution in [1.82, 2.24) is 0 Å². The first-order valence-corrected chi connectivity index (χ1v) is 4.20. The minimum absolute atomic E-state index is 0.132. The number of hydrogen-bond donors (Lipinski definition) is 2. The molecule has 1 aromatic carbocycles. The first kappa shape index (κ1) is 11.2. The molecule has 0 heterocycles. The number of carbonyl (C=O) groups is 1. The molecule has 0 saturated heterocycles. The van der Waals surface area contributed by atoms with Crippen LogP contribution in [0.3, 0.4) is 0 Å². The Morgan fingerprint density at radius 3 is 2.53 bits per heavy atom. The molecule has 0 unspecified atom stereocenters. The Labute approximate surface area is 86.4 Å². The van der Waals surface area contributed by atoms with Crippen molar-refractivity contribution in [1.29, 1.82) is 5.41 Å². The van der Waals surface area contributed by atoms with E-state index in [-0.39, 0.29) is 17.0 Å². The third-order valence-electron chi connectivity index (χ3n) is 1.95. The minimum Gasteiger partial charge on any atom is -0.465 e. The number of anilines is 1. The first-order valence-electron chi connectivity index (χ1n) is 4.20. The normalized spacial score (nSPS) is 9.80. The number of esters is 1. The summed E-state index contributed by atoms with van der Waals surface area (Å²) < 4.78 is 17.7. The Morgan fingerprint density at radius 1 is 1.47 bits per heavy atom. The zero-order chi connectivity index (χ0) is 11.6. The number of rotatable bonds is 2. The number of hydrogen-bond acceptors (Lipinski definition) is 4. The number of halogens is 1. The van der Waals surface area contributed by atoms with Crippen molar-refractivity contribution in [2.45, 2.75) is 6.92 Å². The summed E-state index contributed by atoms with van der Waals surface area (Å²) in [7, 11) is 1.16. The van der Waals surface area contributed by atoms with Crippen molar-refractivity contribution in [3.05, 3.63) is 29.1 Å². The van der Waals surface area contributed by atoms with Gasteiger partial charge in [-0.3, -0.25) is 0 Å². The molecule has 4 nitrogen and oxygen atoms in total. The summed E-state index contributed by atoms with van der Waals surface area (Å²) in [6.45, 7) is 1.50. The highest BCUT2D eigenvalue weighted by molar-refractivity contribution is 6.03. The number of ether oxygens (including phenoxy) is 1. The van der Waals surface area contributed by atoms with Crippen LogP contribution < -0.4 is 5.73 Å². The summed E-state index contributed by atoms with van der Waals surface area (Å²) in [5.41, 5.74) is 5.91. The standard InChI is InChI=1S/C10H11FN2O2/c1-5(12)6-3-7(10(14)15-2)8(11)4-9(6)13/h3-4,12H,13H2,1-2H3. The molecule has 0 atom stereocenters. The van der Waals surface area contributed by atoms with E-state index < -0.39 is 11.8 Å². The first-order chi connectivity index (χ1) is 6.97. The third kappa shape index (κ3) is 2.12. The molecular formula is C10H11FN2O2. The fourth-order valence-electron chi connectivity index (χ4n) is 1.18. The Hall–Kier alpha value is -1.91. The summed E-state index contributed by atoms with van der Waals surface area (Å²) in [6.07, 6.45) is 0. The lowest BCUT2D eigenvalue weighted by Crippen LogP contribution is -2.09. The maximum atomic E-state index is 13.3. The molecule has 0 saturated carbocycles. The van der Waals surface area contributed by atoms with Gasteiger partial charge >= 0.3 is 5.97 Å². The lowest BCUT2D eigenvalue weighted by atomic mass is 10.0. The molecule has 80 valence electrons. The molecule has 1 rings (SSSR count). The van der Waals surface area contributed by atoms with Gasteiger partial charge in [0.05, 0.1) is 12.7 Å². The van der Waals surface area contributed by atoms with E-state index in [1.54, 1.807) is 0 Å². The maximum Gasteiger partial charge on any atom is 0.340 e. The fourth-order valence-corrected chi connectivity index (χ4v) is 1.18. The SMILES string of the molecule is COC(=O)c1cc(C(C)=N)c(N)cc1F. The molecule has 1 aromatic rings. The van der Waals surface area contributed by atoms with Gasteiger partial charge in [-0.05, 0) is 19.1 Å². The van der Waals surface area contributed by atoms with Gasteiger partial charge in [-0.1, -0.05) is 0 Å².